The van der Waals surface area contributed by atoms with Crippen molar-refractivity contribution >= 4 is 0 Å². The number of hydrogen-bond donors (Lipinski definition) is 1. The Bertz CT molecular complexity index is 215. The topological polar surface area (TPSA) is 29.5 Å². The third-order valence-electron chi connectivity index (χ3n) is 4.74. The molecule has 2 rings (SSSR count). The molecule has 2 aliphatic rings. The number of aliphatic hydroxyl groups excluding tert-OH is 1. The van der Waals surface area contributed by atoms with Crippen molar-refractivity contribution in [3.8, 4) is 0 Å². The van der Waals surface area contributed by atoms with Crippen LogP contribution >= 0.6 is 0 Å². The summed E-state index contributed by atoms with van der Waals surface area (Å²) >= 11 is 0. The smallest absolute Gasteiger partial charge is 0.0685 e. The largest absolute Gasteiger partial charge is 0.393 e. The van der Waals surface area contributed by atoms with Crippen molar-refractivity contribution in [1.29, 1.82) is 0 Å². The fraction of sp³-hybridized carbons (Fsp3) is 1.00. The van der Waals surface area contributed by atoms with Gasteiger partial charge in [-0.2, -0.15) is 0 Å². The van der Waals surface area contributed by atoms with E-state index in [4.69, 9.17) is 4.74 Å². The molecule has 1 spiro atoms. The molecule has 0 aromatic rings. The molecule has 2 atom stereocenters. The molecule has 2 heteroatoms. The minimum atomic E-state index is -0.0832. The summed E-state index contributed by atoms with van der Waals surface area (Å²) in [6.07, 6.45) is 12.1. The molecule has 0 bridgehead atoms. The van der Waals surface area contributed by atoms with Crippen LogP contribution in [0.1, 0.15) is 71.1 Å². The van der Waals surface area contributed by atoms with Crippen LogP contribution in [-0.2, 0) is 4.74 Å². The first kappa shape index (κ1) is 13.4. The Morgan fingerprint density at radius 1 is 1.29 bits per heavy atom. The lowest BCUT2D eigenvalue weighted by Crippen LogP contribution is -2.41. The minimum Gasteiger partial charge on any atom is -0.393 e. The van der Waals surface area contributed by atoms with Crippen molar-refractivity contribution in [2.45, 2.75) is 82.8 Å². The van der Waals surface area contributed by atoms with Gasteiger partial charge in [-0.1, -0.05) is 26.2 Å². The van der Waals surface area contributed by atoms with Gasteiger partial charge in [0.1, 0.15) is 0 Å². The monoisotopic (exact) mass is 240 g/mol. The van der Waals surface area contributed by atoms with Gasteiger partial charge in [0.2, 0.25) is 0 Å². The lowest BCUT2D eigenvalue weighted by molar-refractivity contribution is -0.119. The molecule has 2 fully saturated rings. The van der Waals surface area contributed by atoms with Crippen LogP contribution in [0.5, 0.6) is 0 Å². The summed E-state index contributed by atoms with van der Waals surface area (Å²) in [5.41, 5.74) is 0.234. The molecule has 2 unspecified atom stereocenters. The van der Waals surface area contributed by atoms with Gasteiger partial charge in [-0.25, -0.2) is 0 Å². The van der Waals surface area contributed by atoms with Crippen LogP contribution in [0.3, 0.4) is 0 Å². The van der Waals surface area contributed by atoms with Gasteiger partial charge in [-0.05, 0) is 50.9 Å². The Labute approximate surface area is 106 Å². The molecule has 0 aromatic carbocycles. The summed E-state index contributed by atoms with van der Waals surface area (Å²) in [4.78, 5) is 0. The lowest BCUT2D eigenvalue weighted by Gasteiger charge is -2.43. The van der Waals surface area contributed by atoms with E-state index >= 15 is 0 Å². The summed E-state index contributed by atoms with van der Waals surface area (Å²) < 4.78 is 6.11. The Balaban J connectivity index is 1.79. The van der Waals surface area contributed by atoms with E-state index in [9.17, 15) is 5.11 Å². The van der Waals surface area contributed by atoms with Crippen molar-refractivity contribution in [3.05, 3.63) is 0 Å². The molecule has 1 saturated carbocycles. The summed E-state index contributed by atoms with van der Waals surface area (Å²) in [5, 5.41) is 9.66. The van der Waals surface area contributed by atoms with Crippen LogP contribution in [0.4, 0.5) is 0 Å². The van der Waals surface area contributed by atoms with E-state index in [-0.39, 0.29) is 11.7 Å². The van der Waals surface area contributed by atoms with E-state index in [1.165, 1.54) is 51.4 Å². The molecule has 1 aliphatic carbocycles. The third kappa shape index (κ3) is 3.69. The maximum atomic E-state index is 9.66. The maximum Gasteiger partial charge on any atom is 0.0685 e. The van der Waals surface area contributed by atoms with Gasteiger partial charge in [0.15, 0.2) is 0 Å². The number of aliphatic hydroxyl groups is 1. The molecule has 1 saturated heterocycles. The zero-order valence-corrected chi connectivity index (χ0v) is 11.3. The van der Waals surface area contributed by atoms with Crippen LogP contribution in [0.2, 0.25) is 0 Å². The molecule has 0 amide bonds. The molecule has 17 heavy (non-hydrogen) atoms. The molecule has 100 valence electrons. The summed E-state index contributed by atoms with van der Waals surface area (Å²) in [6.45, 7) is 3.02. The highest BCUT2D eigenvalue weighted by atomic mass is 16.5. The molecule has 1 aliphatic heterocycles. The molecular weight excluding hydrogens is 212 g/mol. The SMILES string of the molecule is CCC(O)CCC1CCOC2(CCCCC2)C1. The highest BCUT2D eigenvalue weighted by molar-refractivity contribution is 4.89. The quantitative estimate of drug-likeness (QED) is 0.812. The van der Waals surface area contributed by atoms with E-state index in [0.717, 1.165) is 25.4 Å². The minimum absolute atomic E-state index is 0.0832. The lowest BCUT2D eigenvalue weighted by atomic mass is 9.75. The molecule has 1 heterocycles. The Hall–Kier alpha value is -0.0800. The summed E-state index contributed by atoms with van der Waals surface area (Å²) in [5.74, 6) is 0.794. The second kappa shape index (κ2) is 6.19. The predicted molar refractivity (Wildman–Crippen MR) is 70.0 cm³/mol. The zero-order valence-electron chi connectivity index (χ0n) is 11.3. The van der Waals surface area contributed by atoms with Crippen LogP contribution < -0.4 is 0 Å². The van der Waals surface area contributed by atoms with Gasteiger partial charge < -0.3 is 9.84 Å². The normalized spacial score (nSPS) is 30.4. The zero-order chi connectivity index (χ0) is 12.1. The Kier molecular flexibility index (Phi) is 4.87. The van der Waals surface area contributed by atoms with Crippen molar-refractivity contribution in [2.24, 2.45) is 5.92 Å². The first-order valence-corrected chi connectivity index (χ1v) is 7.56. The van der Waals surface area contributed by atoms with Crippen LogP contribution in [0.15, 0.2) is 0 Å². The number of rotatable bonds is 4. The van der Waals surface area contributed by atoms with Crippen molar-refractivity contribution < 1.29 is 9.84 Å². The van der Waals surface area contributed by atoms with Gasteiger partial charge in [0.25, 0.3) is 0 Å². The maximum absolute atomic E-state index is 9.66. The second-order valence-corrected chi connectivity index (χ2v) is 6.09. The average Bonchev–Trinajstić information content (AvgIpc) is 2.37. The van der Waals surface area contributed by atoms with Gasteiger partial charge in [0.05, 0.1) is 11.7 Å². The van der Waals surface area contributed by atoms with Crippen molar-refractivity contribution in [3.63, 3.8) is 0 Å². The van der Waals surface area contributed by atoms with E-state index < -0.39 is 0 Å². The molecular formula is C15H28O2. The Morgan fingerprint density at radius 2 is 2.06 bits per heavy atom. The van der Waals surface area contributed by atoms with E-state index in [1.54, 1.807) is 0 Å². The summed E-state index contributed by atoms with van der Waals surface area (Å²) in [6, 6.07) is 0. The fourth-order valence-electron chi connectivity index (χ4n) is 3.55. The number of hydrogen-bond acceptors (Lipinski definition) is 2. The predicted octanol–water partition coefficient (Wildman–Crippen LogP) is 3.67. The fourth-order valence-corrected chi connectivity index (χ4v) is 3.55. The van der Waals surface area contributed by atoms with Crippen LogP contribution in [0.25, 0.3) is 0 Å². The highest BCUT2D eigenvalue weighted by Crippen LogP contribution is 2.41. The van der Waals surface area contributed by atoms with Gasteiger partial charge in [-0.15, -0.1) is 0 Å². The van der Waals surface area contributed by atoms with E-state index in [0.29, 0.717) is 0 Å². The molecule has 0 aromatic heterocycles. The van der Waals surface area contributed by atoms with Crippen molar-refractivity contribution in [1.82, 2.24) is 0 Å². The summed E-state index contributed by atoms with van der Waals surface area (Å²) in [7, 11) is 0. The average molecular weight is 240 g/mol. The Morgan fingerprint density at radius 3 is 2.76 bits per heavy atom. The van der Waals surface area contributed by atoms with Gasteiger partial charge in [-0.3, -0.25) is 0 Å². The standard InChI is InChI=1S/C15H28O2/c1-2-14(16)7-6-13-8-11-17-15(12-13)9-4-3-5-10-15/h13-14,16H,2-12H2,1H3. The number of ether oxygens (including phenoxy) is 1. The molecule has 2 nitrogen and oxygen atoms in total. The van der Waals surface area contributed by atoms with E-state index in [1.807, 2.05) is 0 Å². The first-order chi connectivity index (χ1) is 8.24. The van der Waals surface area contributed by atoms with E-state index in [2.05, 4.69) is 6.92 Å². The first-order valence-electron chi connectivity index (χ1n) is 7.56. The van der Waals surface area contributed by atoms with Crippen molar-refractivity contribution in [2.75, 3.05) is 6.61 Å². The third-order valence-corrected chi connectivity index (χ3v) is 4.74. The van der Waals surface area contributed by atoms with Crippen LogP contribution in [-0.4, -0.2) is 23.4 Å². The van der Waals surface area contributed by atoms with Gasteiger partial charge in [0, 0.05) is 6.61 Å². The second-order valence-electron chi connectivity index (χ2n) is 6.09. The van der Waals surface area contributed by atoms with Gasteiger partial charge >= 0.3 is 0 Å². The highest BCUT2D eigenvalue weighted by Gasteiger charge is 2.38. The molecule has 1 N–H and O–H groups in total. The van der Waals surface area contributed by atoms with Crippen LogP contribution in [0, 0.1) is 5.92 Å². The molecule has 0 radical (unpaired) electrons.